The Labute approximate surface area is 86.2 Å². The van der Waals surface area contributed by atoms with Crippen molar-refractivity contribution in [2.24, 2.45) is 0 Å². The second-order valence-corrected chi connectivity index (χ2v) is 4.61. The summed E-state index contributed by atoms with van der Waals surface area (Å²) in [6.07, 6.45) is 2.01. The molecule has 0 bridgehead atoms. The quantitative estimate of drug-likeness (QED) is 0.674. The summed E-state index contributed by atoms with van der Waals surface area (Å²) in [6.45, 7) is 8.94. The number of hydrogen-bond acceptors (Lipinski definition) is 2. The Kier molecular flexibility index (Phi) is 3.77. The fraction of sp³-hybridized carbons (Fsp3) is 0.800. The first-order valence-corrected chi connectivity index (χ1v) is 5.19. The molecule has 0 atom stereocenters. The molecule has 3 heteroatoms. The van der Waals surface area contributed by atoms with Gasteiger partial charge in [0.2, 0.25) is 0 Å². The first-order valence-electron chi connectivity index (χ1n) is 4.75. The molecule has 1 aliphatic rings. The molecule has 13 heavy (non-hydrogen) atoms. The van der Waals surface area contributed by atoms with Crippen LogP contribution in [0.3, 0.4) is 0 Å². The maximum atomic E-state index is 5.52. The van der Waals surface area contributed by atoms with Crippen LogP contribution in [0.1, 0.15) is 13.8 Å². The summed E-state index contributed by atoms with van der Waals surface area (Å²) in [6, 6.07) is 0. The fourth-order valence-electron chi connectivity index (χ4n) is 1.94. The Morgan fingerprint density at radius 3 is 2.62 bits per heavy atom. The topological polar surface area (TPSA) is 6.48 Å². The fourth-order valence-corrected chi connectivity index (χ4v) is 2.02. The molecule has 0 radical (unpaired) electrons. The van der Waals surface area contributed by atoms with Gasteiger partial charge in [0.05, 0.1) is 0 Å². The third-order valence-corrected chi connectivity index (χ3v) is 2.86. The van der Waals surface area contributed by atoms with E-state index < -0.39 is 0 Å². The van der Waals surface area contributed by atoms with E-state index >= 15 is 0 Å². The largest absolute Gasteiger partial charge is 0.303 e. The second kappa shape index (κ2) is 4.45. The molecule has 1 aliphatic heterocycles. The number of piperazine rings is 1. The van der Waals surface area contributed by atoms with Gasteiger partial charge in [0, 0.05) is 37.3 Å². The summed E-state index contributed by atoms with van der Waals surface area (Å²) in [7, 11) is 2.18. The lowest BCUT2D eigenvalue weighted by Gasteiger charge is -2.45. The van der Waals surface area contributed by atoms with E-state index in [0.717, 1.165) is 26.2 Å². The van der Waals surface area contributed by atoms with E-state index in [4.69, 9.17) is 11.6 Å². The van der Waals surface area contributed by atoms with Crippen LogP contribution in [-0.4, -0.2) is 48.6 Å². The van der Waals surface area contributed by atoms with E-state index in [1.807, 2.05) is 6.08 Å². The van der Waals surface area contributed by atoms with Crippen molar-refractivity contribution in [2.45, 2.75) is 19.4 Å². The molecule has 0 unspecified atom stereocenters. The number of likely N-dealkylation sites (N-methyl/N-ethyl adjacent to an activating group) is 1. The van der Waals surface area contributed by atoms with Crippen LogP contribution in [0, 0.1) is 0 Å². The van der Waals surface area contributed by atoms with Gasteiger partial charge >= 0.3 is 0 Å². The molecule has 0 saturated carbocycles. The maximum Gasteiger partial charge on any atom is 0.0283 e. The van der Waals surface area contributed by atoms with Gasteiger partial charge in [-0.05, 0) is 20.9 Å². The van der Waals surface area contributed by atoms with Crippen LogP contribution < -0.4 is 0 Å². The monoisotopic (exact) mass is 202 g/mol. The van der Waals surface area contributed by atoms with Crippen molar-refractivity contribution in [2.75, 3.05) is 33.2 Å². The number of hydrogen-bond donors (Lipinski definition) is 0. The standard InChI is InChI=1S/C10H19ClN2/c1-10(2)9-12(3)7-8-13(10)6-4-5-11/h4-5H,6-9H2,1-3H3/b5-4+. The van der Waals surface area contributed by atoms with E-state index in [-0.39, 0.29) is 5.54 Å². The Bertz CT molecular complexity index is 189. The third-order valence-electron chi connectivity index (χ3n) is 2.68. The highest BCUT2D eigenvalue weighted by atomic mass is 35.5. The molecule has 0 aromatic rings. The molecule has 0 amide bonds. The SMILES string of the molecule is CN1CCN(C/C=C/Cl)C(C)(C)C1. The molecule has 0 aromatic carbocycles. The van der Waals surface area contributed by atoms with Crippen LogP contribution in [0.25, 0.3) is 0 Å². The van der Waals surface area contributed by atoms with E-state index in [9.17, 15) is 0 Å². The molecular weight excluding hydrogens is 184 g/mol. The molecule has 0 spiro atoms. The van der Waals surface area contributed by atoms with Crippen molar-refractivity contribution in [1.29, 1.82) is 0 Å². The van der Waals surface area contributed by atoms with Crippen molar-refractivity contribution in [3.63, 3.8) is 0 Å². The lowest BCUT2D eigenvalue weighted by molar-refractivity contribution is 0.0415. The first kappa shape index (κ1) is 11.0. The minimum absolute atomic E-state index is 0.267. The Balaban J connectivity index is 2.53. The van der Waals surface area contributed by atoms with E-state index in [2.05, 4.69) is 30.7 Å². The van der Waals surface area contributed by atoms with Crippen molar-refractivity contribution < 1.29 is 0 Å². The summed E-state index contributed by atoms with van der Waals surface area (Å²) in [5, 5.41) is 0. The predicted octanol–water partition coefficient (Wildman–Crippen LogP) is 1.76. The Morgan fingerprint density at radius 1 is 1.38 bits per heavy atom. The minimum atomic E-state index is 0.267. The van der Waals surface area contributed by atoms with Gasteiger partial charge in [-0.3, -0.25) is 4.90 Å². The minimum Gasteiger partial charge on any atom is -0.303 e. The van der Waals surface area contributed by atoms with E-state index in [1.165, 1.54) is 0 Å². The zero-order valence-electron chi connectivity index (χ0n) is 8.76. The molecule has 0 N–H and O–H groups in total. The highest BCUT2D eigenvalue weighted by Gasteiger charge is 2.30. The zero-order chi connectivity index (χ0) is 9.90. The van der Waals surface area contributed by atoms with Gasteiger partial charge in [0.25, 0.3) is 0 Å². The summed E-state index contributed by atoms with van der Waals surface area (Å²) < 4.78 is 0. The summed E-state index contributed by atoms with van der Waals surface area (Å²) in [5.74, 6) is 0. The zero-order valence-corrected chi connectivity index (χ0v) is 9.51. The molecular formula is C10H19ClN2. The number of rotatable bonds is 2. The molecule has 76 valence electrons. The summed E-state index contributed by atoms with van der Waals surface area (Å²) in [4.78, 5) is 4.84. The van der Waals surface area contributed by atoms with Crippen molar-refractivity contribution >= 4 is 11.6 Å². The second-order valence-electron chi connectivity index (χ2n) is 4.36. The van der Waals surface area contributed by atoms with Gasteiger partial charge in [-0.1, -0.05) is 17.7 Å². The molecule has 0 aliphatic carbocycles. The predicted molar refractivity (Wildman–Crippen MR) is 58.1 cm³/mol. The van der Waals surface area contributed by atoms with Gasteiger partial charge in [-0.2, -0.15) is 0 Å². The highest BCUT2D eigenvalue weighted by Crippen LogP contribution is 2.19. The molecule has 1 fully saturated rings. The van der Waals surface area contributed by atoms with Crippen LogP contribution >= 0.6 is 11.6 Å². The van der Waals surface area contributed by atoms with Gasteiger partial charge in [-0.15, -0.1) is 0 Å². The molecule has 0 aromatic heterocycles. The molecule has 1 rings (SSSR count). The van der Waals surface area contributed by atoms with Crippen molar-refractivity contribution in [3.8, 4) is 0 Å². The van der Waals surface area contributed by atoms with E-state index in [1.54, 1.807) is 5.54 Å². The van der Waals surface area contributed by atoms with Crippen LogP contribution in [0.2, 0.25) is 0 Å². The lowest BCUT2D eigenvalue weighted by Crippen LogP contribution is -2.58. The Hall–Kier alpha value is -0.0500. The average Bonchev–Trinajstić information content (AvgIpc) is 2.01. The normalized spacial score (nSPS) is 25.5. The van der Waals surface area contributed by atoms with E-state index in [0.29, 0.717) is 0 Å². The number of nitrogens with zero attached hydrogens (tertiary/aromatic N) is 2. The average molecular weight is 203 g/mol. The van der Waals surface area contributed by atoms with Gasteiger partial charge < -0.3 is 4.90 Å². The van der Waals surface area contributed by atoms with Crippen molar-refractivity contribution in [3.05, 3.63) is 11.6 Å². The van der Waals surface area contributed by atoms with Gasteiger partial charge in [0.1, 0.15) is 0 Å². The maximum absolute atomic E-state index is 5.52. The highest BCUT2D eigenvalue weighted by molar-refractivity contribution is 6.25. The summed E-state index contributed by atoms with van der Waals surface area (Å²) in [5.41, 5.74) is 1.87. The van der Waals surface area contributed by atoms with Crippen LogP contribution in [-0.2, 0) is 0 Å². The lowest BCUT2D eigenvalue weighted by atomic mass is 9.99. The van der Waals surface area contributed by atoms with Crippen LogP contribution in [0.15, 0.2) is 11.6 Å². The third kappa shape index (κ3) is 2.97. The molecule has 1 saturated heterocycles. The van der Waals surface area contributed by atoms with Crippen molar-refractivity contribution in [1.82, 2.24) is 9.80 Å². The molecule has 2 nitrogen and oxygen atoms in total. The van der Waals surface area contributed by atoms with Crippen LogP contribution in [0.4, 0.5) is 0 Å². The van der Waals surface area contributed by atoms with Gasteiger partial charge in [0.15, 0.2) is 0 Å². The summed E-state index contributed by atoms with van der Waals surface area (Å²) >= 11 is 5.52. The smallest absolute Gasteiger partial charge is 0.0283 e. The first-order chi connectivity index (χ1) is 6.06. The number of halogens is 1. The Morgan fingerprint density at radius 2 is 2.08 bits per heavy atom. The van der Waals surface area contributed by atoms with Gasteiger partial charge in [-0.25, -0.2) is 0 Å². The molecule has 1 heterocycles. The van der Waals surface area contributed by atoms with Crippen LogP contribution in [0.5, 0.6) is 0 Å².